The summed E-state index contributed by atoms with van der Waals surface area (Å²) in [4.78, 5) is 37.2. The van der Waals surface area contributed by atoms with Gasteiger partial charge in [0.25, 0.3) is 11.8 Å². The van der Waals surface area contributed by atoms with E-state index in [2.05, 4.69) is 25.6 Å². The molecule has 1 aromatic carbocycles. The lowest BCUT2D eigenvalue weighted by Crippen LogP contribution is -2.25. The van der Waals surface area contributed by atoms with Gasteiger partial charge < -0.3 is 15.4 Å². The molecule has 30 heavy (non-hydrogen) atoms. The van der Waals surface area contributed by atoms with Crippen LogP contribution in [0.1, 0.15) is 44.9 Å². The third kappa shape index (κ3) is 4.96. The number of carbonyl (C=O) groups excluding carboxylic acids is 2. The number of amides is 2. The van der Waals surface area contributed by atoms with Crippen LogP contribution >= 0.6 is 0 Å². The number of pyridine rings is 1. The summed E-state index contributed by atoms with van der Waals surface area (Å²) in [7, 11) is 0. The van der Waals surface area contributed by atoms with E-state index in [4.69, 9.17) is 4.74 Å². The summed E-state index contributed by atoms with van der Waals surface area (Å²) >= 11 is 0. The molecule has 8 nitrogen and oxygen atoms in total. The number of rotatable bonds is 7. The smallest absolute Gasteiger partial charge is 0.275 e. The second kappa shape index (κ2) is 8.69. The predicted molar refractivity (Wildman–Crippen MR) is 110 cm³/mol. The zero-order chi connectivity index (χ0) is 20.9. The molecule has 8 heteroatoms. The van der Waals surface area contributed by atoms with Crippen LogP contribution in [0.4, 0.5) is 5.69 Å². The predicted octanol–water partition coefficient (Wildman–Crippen LogP) is 2.90. The number of nitrogens with one attached hydrogen (secondary N) is 2. The highest BCUT2D eigenvalue weighted by Gasteiger charge is 2.24. The molecule has 1 saturated carbocycles. The van der Waals surface area contributed by atoms with Crippen molar-refractivity contribution >= 4 is 17.5 Å². The van der Waals surface area contributed by atoms with E-state index in [1.165, 1.54) is 12.4 Å². The highest BCUT2D eigenvalue weighted by molar-refractivity contribution is 6.04. The average molecular weight is 403 g/mol. The van der Waals surface area contributed by atoms with E-state index in [0.29, 0.717) is 17.1 Å². The maximum Gasteiger partial charge on any atom is 0.275 e. The summed E-state index contributed by atoms with van der Waals surface area (Å²) in [6.07, 6.45) is 6.46. The second-order valence-corrected chi connectivity index (χ2v) is 7.08. The number of hydrogen-bond acceptors (Lipinski definition) is 6. The van der Waals surface area contributed by atoms with Gasteiger partial charge in [0.1, 0.15) is 12.3 Å². The van der Waals surface area contributed by atoms with Gasteiger partial charge in [0.2, 0.25) is 5.88 Å². The number of anilines is 1. The fourth-order valence-corrected chi connectivity index (χ4v) is 2.72. The van der Waals surface area contributed by atoms with E-state index in [1.807, 2.05) is 25.1 Å². The van der Waals surface area contributed by atoms with Crippen LogP contribution < -0.4 is 15.4 Å². The number of aryl methyl sites for hydroxylation is 1. The SMILES string of the molecule is Cc1ccc(C(=O)NC2CC2)cc1NC(=O)c1cnc(OCc2ccccn2)cn1. The fraction of sp³-hybridized carbons (Fsp3) is 0.227. The first kappa shape index (κ1) is 19.5. The van der Waals surface area contributed by atoms with Crippen LogP contribution in [0, 0.1) is 6.92 Å². The molecule has 0 unspecified atom stereocenters. The van der Waals surface area contributed by atoms with Crippen molar-refractivity contribution < 1.29 is 14.3 Å². The Morgan fingerprint density at radius 1 is 1.07 bits per heavy atom. The number of carbonyl (C=O) groups is 2. The van der Waals surface area contributed by atoms with Crippen LogP contribution in [-0.4, -0.2) is 32.8 Å². The Balaban J connectivity index is 1.39. The van der Waals surface area contributed by atoms with Gasteiger partial charge in [-0.15, -0.1) is 0 Å². The van der Waals surface area contributed by atoms with E-state index < -0.39 is 5.91 Å². The normalized spacial score (nSPS) is 12.8. The molecule has 0 atom stereocenters. The first-order valence-electron chi connectivity index (χ1n) is 9.66. The minimum absolute atomic E-state index is 0.137. The maximum atomic E-state index is 12.6. The summed E-state index contributed by atoms with van der Waals surface area (Å²) in [5.74, 6) is -0.254. The van der Waals surface area contributed by atoms with E-state index >= 15 is 0 Å². The number of ether oxygens (including phenoxy) is 1. The van der Waals surface area contributed by atoms with Gasteiger partial charge in [-0.1, -0.05) is 12.1 Å². The minimum Gasteiger partial charge on any atom is -0.470 e. The Hall–Kier alpha value is -3.81. The van der Waals surface area contributed by atoms with E-state index in [9.17, 15) is 9.59 Å². The zero-order valence-corrected chi connectivity index (χ0v) is 16.5. The quantitative estimate of drug-likeness (QED) is 0.628. The molecular weight excluding hydrogens is 382 g/mol. The van der Waals surface area contributed by atoms with Crippen molar-refractivity contribution in [1.82, 2.24) is 20.3 Å². The van der Waals surface area contributed by atoms with E-state index in [-0.39, 0.29) is 24.2 Å². The topological polar surface area (TPSA) is 106 Å². The van der Waals surface area contributed by atoms with Gasteiger partial charge in [-0.25, -0.2) is 9.97 Å². The third-order valence-electron chi connectivity index (χ3n) is 4.62. The van der Waals surface area contributed by atoms with Gasteiger partial charge >= 0.3 is 0 Å². The van der Waals surface area contributed by atoms with Gasteiger partial charge in [-0.2, -0.15) is 0 Å². The third-order valence-corrected chi connectivity index (χ3v) is 4.62. The second-order valence-electron chi connectivity index (χ2n) is 7.08. The van der Waals surface area contributed by atoms with Crippen molar-refractivity contribution in [3.63, 3.8) is 0 Å². The molecule has 2 aromatic heterocycles. The molecule has 2 N–H and O–H groups in total. The molecule has 1 aliphatic rings. The molecule has 152 valence electrons. The average Bonchev–Trinajstić information content (AvgIpc) is 3.59. The van der Waals surface area contributed by atoms with Crippen molar-refractivity contribution in [3.05, 3.63) is 77.5 Å². The van der Waals surface area contributed by atoms with Crippen molar-refractivity contribution in [3.8, 4) is 5.88 Å². The van der Waals surface area contributed by atoms with Crippen LogP contribution in [0.2, 0.25) is 0 Å². The van der Waals surface area contributed by atoms with Gasteiger partial charge in [0.15, 0.2) is 0 Å². The molecule has 0 bridgehead atoms. The van der Waals surface area contributed by atoms with Gasteiger partial charge in [0, 0.05) is 23.5 Å². The van der Waals surface area contributed by atoms with Crippen molar-refractivity contribution in [2.24, 2.45) is 0 Å². The van der Waals surface area contributed by atoms with Crippen LogP contribution in [0.5, 0.6) is 5.88 Å². The fourth-order valence-electron chi connectivity index (χ4n) is 2.72. The molecule has 1 aliphatic carbocycles. The van der Waals surface area contributed by atoms with Gasteiger partial charge in [-0.05, 0) is 49.6 Å². The highest BCUT2D eigenvalue weighted by Crippen LogP contribution is 2.21. The van der Waals surface area contributed by atoms with Crippen molar-refractivity contribution in [2.75, 3.05) is 5.32 Å². The van der Waals surface area contributed by atoms with Crippen LogP contribution in [0.15, 0.2) is 55.0 Å². The molecule has 1 fully saturated rings. The maximum absolute atomic E-state index is 12.6. The lowest BCUT2D eigenvalue weighted by atomic mass is 10.1. The Morgan fingerprint density at radius 3 is 2.63 bits per heavy atom. The molecule has 3 aromatic rings. The lowest BCUT2D eigenvalue weighted by Gasteiger charge is -2.11. The Bertz CT molecular complexity index is 1050. The van der Waals surface area contributed by atoms with E-state index in [1.54, 1.807) is 24.4 Å². The summed E-state index contributed by atoms with van der Waals surface area (Å²) in [6, 6.07) is 11.0. The number of benzene rings is 1. The molecule has 0 saturated heterocycles. The Morgan fingerprint density at radius 2 is 1.93 bits per heavy atom. The lowest BCUT2D eigenvalue weighted by molar-refractivity contribution is 0.0949. The first-order chi connectivity index (χ1) is 14.6. The summed E-state index contributed by atoms with van der Waals surface area (Å²) in [5.41, 5.74) is 2.82. The molecule has 0 spiro atoms. The molecule has 2 amide bonds. The molecular formula is C22H21N5O3. The van der Waals surface area contributed by atoms with Crippen molar-refractivity contribution in [1.29, 1.82) is 0 Å². The summed E-state index contributed by atoms with van der Waals surface area (Å²) in [5, 5.41) is 5.74. The monoisotopic (exact) mass is 403 g/mol. The zero-order valence-electron chi connectivity index (χ0n) is 16.5. The molecule has 0 radical (unpaired) electrons. The number of nitrogens with zero attached hydrogens (tertiary/aromatic N) is 3. The van der Waals surface area contributed by atoms with Crippen molar-refractivity contribution in [2.45, 2.75) is 32.4 Å². The van der Waals surface area contributed by atoms with Crippen LogP contribution in [0.25, 0.3) is 0 Å². The van der Waals surface area contributed by atoms with Crippen LogP contribution in [-0.2, 0) is 6.61 Å². The standard InChI is InChI=1S/C22H21N5O3/c1-14-5-6-15(21(28)26-16-7-8-16)10-18(14)27-22(29)19-11-25-20(12-24-19)30-13-17-4-2-3-9-23-17/h2-6,9-12,16H,7-8,13H2,1H3,(H,26,28)(H,27,29). The van der Waals surface area contributed by atoms with Gasteiger partial charge in [-0.3, -0.25) is 14.6 Å². The first-order valence-corrected chi connectivity index (χ1v) is 9.66. The Kier molecular flexibility index (Phi) is 5.65. The summed E-state index contributed by atoms with van der Waals surface area (Å²) < 4.78 is 5.53. The summed E-state index contributed by atoms with van der Waals surface area (Å²) in [6.45, 7) is 2.12. The molecule has 2 heterocycles. The Labute approximate surface area is 173 Å². The van der Waals surface area contributed by atoms with Gasteiger partial charge in [0.05, 0.1) is 18.1 Å². The minimum atomic E-state index is -0.415. The molecule has 4 rings (SSSR count). The number of aromatic nitrogens is 3. The highest BCUT2D eigenvalue weighted by atomic mass is 16.5. The number of hydrogen-bond donors (Lipinski definition) is 2. The molecule has 0 aliphatic heterocycles. The largest absolute Gasteiger partial charge is 0.470 e. The van der Waals surface area contributed by atoms with Crippen LogP contribution in [0.3, 0.4) is 0 Å². The van der Waals surface area contributed by atoms with E-state index in [0.717, 1.165) is 24.1 Å².